The van der Waals surface area contributed by atoms with E-state index in [0.717, 1.165) is 28.3 Å². The van der Waals surface area contributed by atoms with Gasteiger partial charge in [0.15, 0.2) is 0 Å². The summed E-state index contributed by atoms with van der Waals surface area (Å²) in [5, 5.41) is 3.47. The summed E-state index contributed by atoms with van der Waals surface area (Å²) in [6.07, 6.45) is 5.40. The zero-order valence-corrected chi connectivity index (χ0v) is 16.9. The maximum atomic E-state index is 13.0. The Labute approximate surface area is 180 Å². The van der Waals surface area contributed by atoms with Crippen LogP contribution in [-0.4, -0.2) is 26.7 Å². The summed E-state index contributed by atoms with van der Waals surface area (Å²) in [5.74, 6) is 0.741. The molecule has 154 valence electrons. The number of rotatable bonds is 6. The summed E-state index contributed by atoms with van der Waals surface area (Å²) < 4.78 is 7.89. The second kappa shape index (κ2) is 7.99. The van der Waals surface area contributed by atoms with E-state index in [2.05, 4.69) is 16.9 Å². The van der Waals surface area contributed by atoms with Gasteiger partial charge in [0.1, 0.15) is 24.2 Å². The molecule has 1 N–H and O–H groups in total. The molecule has 0 saturated heterocycles. The van der Waals surface area contributed by atoms with Crippen LogP contribution in [0.15, 0.2) is 91.8 Å². The molecule has 0 bridgehead atoms. The molecular formula is C25H22N4O2. The van der Waals surface area contributed by atoms with Crippen molar-refractivity contribution in [1.29, 1.82) is 0 Å². The average Bonchev–Trinajstić information content (AvgIpc) is 3.23. The Hall–Kier alpha value is -4.06. The van der Waals surface area contributed by atoms with E-state index in [0.29, 0.717) is 18.7 Å². The summed E-state index contributed by atoms with van der Waals surface area (Å²) in [6, 6.07) is 21.3. The van der Waals surface area contributed by atoms with Crippen molar-refractivity contribution in [2.24, 2.45) is 0 Å². The molecule has 0 aliphatic carbocycles. The van der Waals surface area contributed by atoms with E-state index in [-0.39, 0.29) is 12.1 Å². The Balaban J connectivity index is 1.33. The fraction of sp³-hybridized carbons (Fsp3) is 0.120. The molecule has 5 rings (SSSR count). The molecule has 0 fully saturated rings. The van der Waals surface area contributed by atoms with Gasteiger partial charge in [-0.2, -0.15) is 0 Å². The molecule has 0 radical (unpaired) electrons. The first kappa shape index (κ1) is 18.9. The van der Waals surface area contributed by atoms with Gasteiger partial charge in [-0.15, -0.1) is 6.58 Å². The number of hydrogen-bond acceptors (Lipinski definition) is 4. The molecule has 1 atom stereocenters. The average molecular weight is 410 g/mol. The van der Waals surface area contributed by atoms with Crippen LogP contribution < -0.4 is 10.1 Å². The van der Waals surface area contributed by atoms with E-state index in [1.165, 1.54) is 0 Å². The number of carbonyl (C=O) groups is 1. The van der Waals surface area contributed by atoms with Crippen LogP contribution in [-0.2, 0) is 6.61 Å². The lowest BCUT2D eigenvalue weighted by molar-refractivity contribution is 0.0707. The molecule has 6 heteroatoms. The SMILES string of the molecule is C=CCN1C(=O)c2ccccc2N[C@@H]1c1ccc(OCc2cn3ccccc3n2)cc1. The number of aromatic nitrogens is 2. The van der Waals surface area contributed by atoms with Crippen molar-refractivity contribution in [2.45, 2.75) is 12.8 Å². The van der Waals surface area contributed by atoms with Gasteiger partial charge in [0.05, 0.1) is 11.3 Å². The van der Waals surface area contributed by atoms with E-state index in [9.17, 15) is 4.79 Å². The molecule has 1 amide bonds. The van der Waals surface area contributed by atoms with Crippen molar-refractivity contribution < 1.29 is 9.53 Å². The van der Waals surface area contributed by atoms with Crippen LogP contribution in [0, 0.1) is 0 Å². The fourth-order valence-corrected chi connectivity index (χ4v) is 3.84. The first-order chi connectivity index (χ1) is 15.2. The van der Waals surface area contributed by atoms with Crippen molar-refractivity contribution in [3.8, 4) is 5.75 Å². The summed E-state index contributed by atoms with van der Waals surface area (Å²) in [5.41, 5.74) is 4.25. The number of nitrogens with one attached hydrogen (secondary N) is 1. The van der Waals surface area contributed by atoms with Gasteiger partial charge in [-0.1, -0.05) is 36.4 Å². The highest BCUT2D eigenvalue weighted by atomic mass is 16.5. The van der Waals surface area contributed by atoms with Crippen LogP contribution in [0.1, 0.15) is 27.8 Å². The molecule has 6 nitrogen and oxygen atoms in total. The van der Waals surface area contributed by atoms with Gasteiger partial charge in [0.2, 0.25) is 0 Å². The van der Waals surface area contributed by atoms with Crippen molar-refractivity contribution in [3.05, 3.63) is 109 Å². The largest absolute Gasteiger partial charge is 0.487 e. The minimum atomic E-state index is -0.270. The molecule has 1 aliphatic heterocycles. The van der Waals surface area contributed by atoms with Crippen LogP contribution in [0.25, 0.3) is 5.65 Å². The van der Waals surface area contributed by atoms with Gasteiger partial charge in [0, 0.05) is 24.6 Å². The fourth-order valence-electron chi connectivity index (χ4n) is 3.84. The normalized spacial score (nSPS) is 15.4. The molecular weight excluding hydrogens is 388 g/mol. The number of ether oxygens (including phenoxy) is 1. The molecule has 0 saturated carbocycles. The monoisotopic (exact) mass is 410 g/mol. The van der Waals surface area contributed by atoms with Crippen LogP contribution in [0.4, 0.5) is 5.69 Å². The molecule has 0 spiro atoms. The molecule has 0 unspecified atom stereocenters. The molecule has 4 aromatic rings. The minimum Gasteiger partial charge on any atom is -0.487 e. The number of hydrogen-bond donors (Lipinski definition) is 1. The predicted octanol–water partition coefficient (Wildman–Crippen LogP) is 4.67. The Morgan fingerprint density at radius 1 is 1.06 bits per heavy atom. The molecule has 2 aromatic heterocycles. The summed E-state index contributed by atoms with van der Waals surface area (Å²) >= 11 is 0. The van der Waals surface area contributed by atoms with Gasteiger partial charge >= 0.3 is 0 Å². The van der Waals surface area contributed by atoms with Crippen molar-refractivity contribution in [1.82, 2.24) is 14.3 Å². The minimum absolute atomic E-state index is 0.00794. The Morgan fingerprint density at radius 2 is 1.87 bits per heavy atom. The highest BCUT2D eigenvalue weighted by molar-refractivity contribution is 6.01. The summed E-state index contributed by atoms with van der Waals surface area (Å²) in [6.45, 7) is 4.65. The van der Waals surface area contributed by atoms with Crippen LogP contribution in [0.3, 0.4) is 0 Å². The lowest BCUT2D eigenvalue weighted by Gasteiger charge is -2.37. The smallest absolute Gasteiger partial charge is 0.258 e. The van der Waals surface area contributed by atoms with E-state index >= 15 is 0 Å². The van der Waals surface area contributed by atoms with E-state index < -0.39 is 0 Å². The summed E-state index contributed by atoms with van der Waals surface area (Å²) in [4.78, 5) is 19.3. The second-order valence-electron chi connectivity index (χ2n) is 7.39. The highest BCUT2D eigenvalue weighted by Crippen LogP contribution is 2.33. The van der Waals surface area contributed by atoms with Gasteiger partial charge in [-0.3, -0.25) is 4.79 Å². The van der Waals surface area contributed by atoms with Gasteiger partial charge < -0.3 is 19.4 Å². The van der Waals surface area contributed by atoms with E-state index in [4.69, 9.17) is 4.74 Å². The maximum absolute atomic E-state index is 13.0. The number of amides is 1. The first-order valence-electron chi connectivity index (χ1n) is 10.2. The van der Waals surface area contributed by atoms with Crippen molar-refractivity contribution >= 4 is 17.2 Å². The Bertz CT molecular complexity index is 1210. The van der Waals surface area contributed by atoms with Crippen LogP contribution in [0.5, 0.6) is 5.75 Å². The molecule has 3 heterocycles. The van der Waals surface area contributed by atoms with Crippen molar-refractivity contribution in [2.75, 3.05) is 11.9 Å². The first-order valence-corrected chi connectivity index (χ1v) is 10.2. The zero-order valence-electron chi connectivity index (χ0n) is 16.9. The second-order valence-corrected chi connectivity index (χ2v) is 7.39. The van der Waals surface area contributed by atoms with Crippen LogP contribution in [0.2, 0.25) is 0 Å². The third kappa shape index (κ3) is 3.64. The number of nitrogens with zero attached hydrogens (tertiary/aromatic N) is 3. The summed E-state index contributed by atoms with van der Waals surface area (Å²) in [7, 11) is 0. The quantitative estimate of drug-likeness (QED) is 0.470. The number of carbonyl (C=O) groups excluding carboxylic acids is 1. The lowest BCUT2D eigenvalue weighted by Crippen LogP contribution is -2.42. The molecule has 31 heavy (non-hydrogen) atoms. The zero-order chi connectivity index (χ0) is 21.2. The molecule has 2 aromatic carbocycles. The van der Waals surface area contributed by atoms with Crippen molar-refractivity contribution in [3.63, 3.8) is 0 Å². The Kier molecular flexibility index (Phi) is 4.88. The van der Waals surface area contributed by atoms with Gasteiger partial charge in [-0.05, 0) is 42.0 Å². The number of imidazole rings is 1. The highest BCUT2D eigenvalue weighted by Gasteiger charge is 2.31. The van der Waals surface area contributed by atoms with E-state index in [1.807, 2.05) is 83.5 Å². The van der Waals surface area contributed by atoms with Crippen LogP contribution >= 0.6 is 0 Å². The maximum Gasteiger partial charge on any atom is 0.258 e. The number of benzene rings is 2. The number of pyridine rings is 1. The van der Waals surface area contributed by atoms with Gasteiger partial charge in [0.25, 0.3) is 5.91 Å². The third-order valence-corrected chi connectivity index (χ3v) is 5.34. The molecule has 1 aliphatic rings. The lowest BCUT2D eigenvalue weighted by atomic mass is 10.0. The third-order valence-electron chi connectivity index (χ3n) is 5.34. The Morgan fingerprint density at radius 3 is 2.68 bits per heavy atom. The number of para-hydroxylation sites is 1. The standard InChI is InChI=1S/C25H22N4O2/c1-2-14-29-24(27-22-8-4-3-7-21(22)25(29)30)18-10-12-20(13-11-18)31-17-19-16-28-15-6-5-9-23(28)26-19/h2-13,15-16,24,27H,1,14,17H2/t24-/m0/s1. The van der Waals surface area contributed by atoms with Gasteiger partial charge in [-0.25, -0.2) is 4.98 Å². The predicted molar refractivity (Wildman–Crippen MR) is 120 cm³/mol. The van der Waals surface area contributed by atoms with E-state index in [1.54, 1.807) is 11.0 Å². The number of fused-ring (bicyclic) bond motifs is 2. The number of anilines is 1. The topological polar surface area (TPSA) is 58.9 Å².